The Bertz CT molecular complexity index is 378. The first-order chi connectivity index (χ1) is 7.58. The molecule has 0 radical (unpaired) electrons. The summed E-state index contributed by atoms with van der Waals surface area (Å²) in [6.45, 7) is 1.44. The number of aliphatic hydroxyl groups excluding tert-OH is 1. The average Bonchev–Trinajstić information content (AvgIpc) is 2.28. The fourth-order valence-electron chi connectivity index (χ4n) is 1.16. The summed E-state index contributed by atoms with van der Waals surface area (Å²) in [4.78, 5) is 10.9. The smallest absolute Gasteiger partial charge is 0.258 e. The molecule has 1 aromatic carbocycles. The van der Waals surface area contributed by atoms with E-state index in [1.54, 1.807) is 25.1 Å². The molecule has 1 rings (SSSR count). The second-order valence-corrected chi connectivity index (χ2v) is 3.31. The summed E-state index contributed by atoms with van der Waals surface area (Å²) >= 11 is 0. The number of rotatable bonds is 5. The van der Waals surface area contributed by atoms with Crippen molar-refractivity contribution in [2.45, 2.75) is 19.6 Å². The van der Waals surface area contributed by atoms with E-state index in [-0.39, 0.29) is 6.61 Å². The Balaban J connectivity index is 2.95. The third-order valence-electron chi connectivity index (χ3n) is 2.12. The zero-order valence-corrected chi connectivity index (χ0v) is 9.27. The summed E-state index contributed by atoms with van der Waals surface area (Å²) in [6, 6.07) is 4.98. The van der Waals surface area contributed by atoms with Crippen molar-refractivity contribution in [2.75, 3.05) is 7.11 Å². The van der Waals surface area contributed by atoms with E-state index >= 15 is 0 Å². The lowest BCUT2D eigenvalue weighted by molar-refractivity contribution is -0.124. The van der Waals surface area contributed by atoms with Gasteiger partial charge in [0.05, 0.1) is 13.7 Å². The molecular weight excluding hydrogens is 210 g/mol. The highest BCUT2D eigenvalue weighted by molar-refractivity contribution is 5.78. The third-order valence-corrected chi connectivity index (χ3v) is 2.12. The number of methoxy groups -OCH3 is 1. The van der Waals surface area contributed by atoms with Gasteiger partial charge in [0.1, 0.15) is 0 Å². The molecule has 0 aliphatic carbocycles. The van der Waals surface area contributed by atoms with Gasteiger partial charge in [-0.15, -0.1) is 0 Å². The van der Waals surface area contributed by atoms with Crippen LogP contribution in [-0.2, 0) is 11.4 Å². The predicted octanol–water partition coefficient (Wildman–Crippen LogP) is 0.440. The lowest BCUT2D eigenvalue weighted by Gasteiger charge is -2.15. The normalized spacial score (nSPS) is 11.9. The standard InChI is InChI=1S/C11H15NO4/c1-7(11(12)14)16-10-5-8(6-13)3-4-9(10)15-2/h3-5,7,13H,6H2,1-2H3,(H2,12,14). The Morgan fingerprint density at radius 1 is 1.50 bits per heavy atom. The van der Waals surface area contributed by atoms with Gasteiger partial charge in [0, 0.05) is 0 Å². The van der Waals surface area contributed by atoms with E-state index in [1.165, 1.54) is 7.11 Å². The molecule has 5 nitrogen and oxygen atoms in total. The van der Waals surface area contributed by atoms with Crippen molar-refractivity contribution in [1.82, 2.24) is 0 Å². The maximum absolute atomic E-state index is 10.9. The van der Waals surface area contributed by atoms with Crippen molar-refractivity contribution in [3.63, 3.8) is 0 Å². The van der Waals surface area contributed by atoms with Crippen molar-refractivity contribution in [1.29, 1.82) is 0 Å². The van der Waals surface area contributed by atoms with Gasteiger partial charge in [-0.25, -0.2) is 0 Å². The van der Waals surface area contributed by atoms with Crippen LogP contribution in [0.4, 0.5) is 0 Å². The zero-order valence-electron chi connectivity index (χ0n) is 9.27. The van der Waals surface area contributed by atoms with Crippen molar-refractivity contribution < 1.29 is 19.4 Å². The molecule has 88 valence electrons. The molecule has 1 aromatic rings. The number of amides is 1. The third kappa shape index (κ3) is 2.87. The van der Waals surface area contributed by atoms with Gasteiger partial charge in [0.25, 0.3) is 5.91 Å². The van der Waals surface area contributed by atoms with E-state index in [9.17, 15) is 4.79 Å². The number of hydrogen-bond acceptors (Lipinski definition) is 4. The predicted molar refractivity (Wildman–Crippen MR) is 58.2 cm³/mol. The monoisotopic (exact) mass is 225 g/mol. The summed E-state index contributed by atoms with van der Waals surface area (Å²) in [5, 5.41) is 8.98. The number of nitrogens with two attached hydrogens (primary N) is 1. The summed E-state index contributed by atoms with van der Waals surface area (Å²) in [7, 11) is 1.50. The highest BCUT2D eigenvalue weighted by Gasteiger charge is 2.13. The van der Waals surface area contributed by atoms with Crippen LogP contribution in [-0.4, -0.2) is 24.2 Å². The van der Waals surface area contributed by atoms with Gasteiger partial charge < -0.3 is 20.3 Å². The Morgan fingerprint density at radius 3 is 2.69 bits per heavy atom. The Kier molecular flexibility index (Phi) is 4.13. The number of benzene rings is 1. The SMILES string of the molecule is COc1ccc(CO)cc1OC(C)C(N)=O. The van der Waals surface area contributed by atoms with Gasteiger partial charge in [-0.1, -0.05) is 6.07 Å². The highest BCUT2D eigenvalue weighted by atomic mass is 16.5. The molecule has 0 heterocycles. The second-order valence-electron chi connectivity index (χ2n) is 3.31. The molecule has 0 bridgehead atoms. The van der Waals surface area contributed by atoms with Crippen molar-refractivity contribution >= 4 is 5.91 Å². The largest absolute Gasteiger partial charge is 0.493 e. The molecule has 5 heteroatoms. The molecule has 0 spiro atoms. The topological polar surface area (TPSA) is 81.8 Å². The number of hydrogen-bond donors (Lipinski definition) is 2. The van der Waals surface area contributed by atoms with Crippen LogP contribution in [0.3, 0.4) is 0 Å². The van der Waals surface area contributed by atoms with Gasteiger partial charge in [-0.05, 0) is 24.6 Å². The second kappa shape index (κ2) is 5.37. The Morgan fingerprint density at radius 2 is 2.19 bits per heavy atom. The van der Waals surface area contributed by atoms with Crippen LogP contribution in [0.2, 0.25) is 0 Å². The molecule has 0 aromatic heterocycles. The number of carbonyl (C=O) groups excluding carboxylic acids is 1. The van der Waals surface area contributed by atoms with Gasteiger partial charge in [-0.3, -0.25) is 4.79 Å². The van der Waals surface area contributed by atoms with Crippen LogP contribution in [0.25, 0.3) is 0 Å². The molecule has 0 saturated heterocycles. The first kappa shape index (κ1) is 12.3. The minimum absolute atomic E-state index is 0.106. The van der Waals surface area contributed by atoms with Crippen molar-refractivity contribution in [2.24, 2.45) is 5.73 Å². The molecule has 16 heavy (non-hydrogen) atoms. The fraction of sp³-hybridized carbons (Fsp3) is 0.364. The van der Waals surface area contributed by atoms with Crippen LogP contribution in [0.1, 0.15) is 12.5 Å². The van der Waals surface area contributed by atoms with E-state index in [4.69, 9.17) is 20.3 Å². The van der Waals surface area contributed by atoms with Crippen molar-refractivity contribution in [3.05, 3.63) is 23.8 Å². The average molecular weight is 225 g/mol. The number of aliphatic hydroxyl groups is 1. The Hall–Kier alpha value is -1.75. The van der Waals surface area contributed by atoms with Crippen LogP contribution >= 0.6 is 0 Å². The van der Waals surface area contributed by atoms with Crippen LogP contribution in [0, 0.1) is 0 Å². The molecule has 0 aliphatic heterocycles. The zero-order chi connectivity index (χ0) is 12.1. The number of carbonyl (C=O) groups is 1. The molecular formula is C11H15NO4. The Labute approximate surface area is 93.8 Å². The lowest BCUT2D eigenvalue weighted by atomic mass is 10.2. The van der Waals surface area contributed by atoms with Crippen molar-refractivity contribution in [3.8, 4) is 11.5 Å². The maximum atomic E-state index is 10.9. The highest BCUT2D eigenvalue weighted by Crippen LogP contribution is 2.28. The van der Waals surface area contributed by atoms with Gasteiger partial charge >= 0.3 is 0 Å². The van der Waals surface area contributed by atoms with E-state index in [2.05, 4.69) is 0 Å². The molecule has 3 N–H and O–H groups in total. The molecule has 0 fully saturated rings. The maximum Gasteiger partial charge on any atom is 0.258 e. The molecule has 0 aliphatic rings. The van der Waals surface area contributed by atoms with E-state index in [1.807, 2.05) is 0 Å². The molecule has 1 atom stereocenters. The van der Waals surface area contributed by atoms with E-state index in [0.29, 0.717) is 17.1 Å². The van der Waals surface area contributed by atoms with Gasteiger partial charge in [-0.2, -0.15) is 0 Å². The molecule has 1 amide bonds. The first-order valence-electron chi connectivity index (χ1n) is 4.82. The van der Waals surface area contributed by atoms with Gasteiger partial charge in [0.15, 0.2) is 17.6 Å². The number of ether oxygens (including phenoxy) is 2. The summed E-state index contributed by atoms with van der Waals surface area (Å²) in [6.07, 6.45) is -0.747. The summed E-state index contributed by atoms with van der Waals surface area (Å²) in [5.74, 6) is 0.321. The first-order valence-corrected chi connectivity index (χ1v) is 4.82. The van der Waals surface area contributed by atoms with Gasteiger partial charge in [0.2, 0.25) is 0 Å². The summed E-state index contributed by atoms with van der Waals surface area (Å²) in [5.41, 5.74) is 5.77. The lowest BCUT2D eigenvalue weighted by Crippen LogP contribution is -2.30. The van der Waals surface area contributed by atoms with Crippen LogP contribution in [0.5, 0.6) is 11.5 Å². The fourth-order valence-corrected chi connectivity index (χ4v) is 1.16. The summed E-state index contributed by atoms with van der Waals surface area (Å²) < 4.78 is 10.4. The van der Waals surface area contributed by atoms with Crippen LogP contribution < -0.4 is 15.2 Å². The number of primary amides is 1. The minimum atomic E-state index is -0.747. The van der Waals surface area contributed by atoms with Crippen LogP contribution in [0.15, 0.2) is 18.2 Å². The molecule has 0 saturated carbocycles. The quantitative estimate of drug-likeness (QED) is 0.761. The van der Waals surface area contributed by atoms with E-state index in [0.717, 1.165) is 0 Å². The molecule has 1 unspecified atom stereocenters. The van der Waals surface area contributed by atoms with E-state index < -0.39 is 12.0 Å². The minimum Gasteiger partial charge on any atom is -0.493 e.